The van der Waals surface area contributed by atoms with Crippen LogP contribution in [0.2, 0.25) is 0 Å². The number of nitrogens with zero attached hydrogens (tertiary/aromatic N) is 5. The van der Waals surface area contributed by atoms with Gasteiger partial charge in [0, 0.05) is 69.5 Å². The third-order valence-electron chi connectivity index (χ3n) is 5.29. The Labute approximate surface area is 190 Å². The summed E-state index contributed by atoms with van der Waals surface area (Å²) >= 11 is 1.84. The predicted molar refractivity (Wildman–Crippen MR) is 129 cm³/mol. The van der Waals surface area contributed by atoms with Gasteiger partial charge in [-0.3, -0.25) is 14.6 Å². The van der Waals surface area contributed by atoms with E-state index in [2.05, 4.69) is 56.6 Å². The monoisotopic (exact) mass is 516 g/mol. The molecule has 1 fully saturated rings. The molecule has 8 heteroatoms. The number of nitrogens with one attached hydrogen (secondary N) is 1. The number of aliphatic imine (C=N–C) groups is 1. The number of halogens is 1. The van der Waals surface area contributed by atoms with Crippen LogP contribution in [0.25, 0.3) is 0 Å². The van der Waals surface area contributed by atoms with Crippen molar-refractivity contribution in [3.05, 3.63) is 39.3 Å². The van der Waals surface area contributed by atoms with Gasteiger partial charge in [0.15, 0.2) is 5.96 Å². The summed E-state index contributed by atoms with van der Waals surface area (Å²) in [5.74, 6) is 0.999. The summed E-state index contributed by atoms with van der Waals surface area (Å²) in [7, 11) is 3.92. The summed E-state index contributed by atoms with van der Waals surface area (Å²) in [4.78, 5) is 10.9. The Morgan fingerprint density at radius 1 is 1.21 bits per heavy atom. The van der Waals surface area contributed by atoms with Gasteiger partial charge >= 0.3 is 0 Å². The molecule has 0 atom stereocenters. The number of hydrogen-bond acceptors (Lipinski definition) is 4. The minimum atomic E-state index is 0. The van der Waals surface area contributed by atoms with E-state index in [0.717, 1.165) is 58.1 Å². The zero-order valence-electron chi connectivity index (χ0n) is 17.4. The molecule has 0 saturated carbocycles. The van der Waals surface area contributed by atoms with Gasteiger partial charge < -0.3 is 10.2 Å². The lowest BCUT2D eigenvalue weighted by atomic mass is 10.1. The predicted octanol–water partition coefficient (Wildman–Crippen LogP) is 3.12. The molecule has 6 nitrogen and oxygen atoms in total. The third kappa shape index (κ3) is 5.48. The van der Waals surface area contributed by atoms with Crippen LogP contribution in [0.1, 0.15) is 35.7 Å². The second-order valence-electron chi connectivity index (χ2n) is 6.95. The summed E-state index contributed by atoms with van der Waals surface area (Å²) in [5, 5.41) is 10.4. The summed E-state index contributed by atoms with van der Waals surface area (Å²) < 4.78 is 2.03. The van der Waals surface area contributed by atoms with Crippen LogP contribution in [0.15, 0.2) is 22.5 Å². The van der Waals surface area contributed by atoms with Gasteiger partial charge in [0.05, 0.1) is 5.69 Å². The van der Waals surface area contributed by atoms with Gasteiger partial charge in [0.2, 0.25) is 0 Å². The number of aryl methyl sites for hydroxylation is 2. The van der Waals surface area contributed by atoms with Crippen LogP contribution in [0.3, 0.4) is 0 Å². The highest BCUT2D eigenvalue weighted by Gasteiger charge is 2.21. The molecule has 1 aliphatic heterocycles. The van der Waals surface area contributed by atoms with Crippen molar-refractivity contribution in [2.24, 2.45) is 12.0 Å². The van der Waals surface area contributed by atoms with Crippen molar-refractivity contribution in [1.82, 2.24) is 24.9 Å². The molecule has 3 rings (SSSR count). The number of hydrogen-bond donors (Lipinski definition) is 1. The molecule has 1 saturated heterocycles. The molecule has 1 N–H and O–H groups in total. The van der Waals surface area contributed by atoms with Gasteiger partial charge in [-0.1, -0.05) is 19.9 Å². The molecule has 0 aliphatic carbocycles. The SMILES string of the molecule is CCc1nn(C)c(CC)c1CNC(=NC)N1CCN(Cc2cccs2)CC1.I. The summed E-state index contributed by atoms with van der Waals surface area (Å²) in [6.07, 6.45) is 1.96. The molecular weight excluding hydrogens is 483 g/mol. The molecule has 3 heterocycles. The Morgan fingerprint density at radius 2 is 1.96 bits per heavy atom. The van der Waals surface area contributed by atoms with Gasteiger partial charge in [-0.15, -0.1) is 35.3 Å². The van der Waals surface area contributed by atoms with E-state index >= 15 is 0 Å². The van der Waals surface area contributed by atoms with E-state index in [9.17, 15) is 0 Å². The number of rotatable bonds is 6. The number of thiophene rings is 1. The van der Waals surface area contributed by atoms with E-state index in [4.69, 9.17) is 0 Å². The van der Waals surface area contributed by atoms with Crippen molar-refractivity contribution in [2.45, 2.75) is 39.8 Å². The summed E-state index contributed by atoms with van der Waals surface area (Å²) in [6.45, 7) is 10.4. The quantitative estimate of drug-likeness (QED) is 0.364. The number of guanidine groups is 1. The maximum atomic E-state index is 4.68. The molecule has 156 valence electrons. The molecule has 0 spiro atoms. The highest BCUT2D eigenvalue weighted by atomic mass is 127. The Bertz CT molecular complexity index is 747. The lowest BCUT2D eigenvalue weighted by molar-refractivity contribution is 0.173. The second kappa shape index (κ2) is 11.2. The first-order valence-electron chi connectivity index (χ1n) is 9.90. The zero-order chi connectivity index (χ0) is 19.2. The topological polar surface area (TPSA) is 48.7 Å². The van der Waals surface area contributed by atoms with Gasteiger partial charge in [-0.2, -0.15) is 5.10 Å². The molecule has 0 radical (unpaired) electrons. The molecule has 0 amide bonds. The first-order valence-corrected chi connectivity index (χ1v) is 10.8. The largest absolute Gasteiger partial charge is 0.352 e. The molecule has 0 aromatic carbocycles. The van der Waals surface area contributed by atoms with E-state index in [1.54, 1.807) is 0 Å². The molecule has 0 bridgehead atoms. The van der Waals surface area contributed by atoms with Crippen molar-refractivity contribution >= 4 is 41.3 Å². The van der Waals surface area contributed by atoms with Crippen LogP contribution >= 0.6 is 35.3 Å². The minimum absolute atomic E-state index is 0. The van der Waals surface area contributed by atoms with E-state index in [0.29, 0.717) is 0 Å². The van der Waals surface area contributed by atoms with Gasteiger partial charge in [-0.25, -0.2) is 0 Å². The average molecular weight is 516 g/mol. The third-order valence-corrected chi connectivity index (χ3v) is 6.16. The molecule has 2 aromatic rings. The van der Waals surface area contributed by atoms with Crippen LogP contribution in [0.5, 0.6) is 0 Å². The maximum Gasteiger partial charge on any atom is 0.194 e. The summed E-state index contributed by atoms with van der Waals surface area (Å²) in [6, 6.07) is 4.36. The fraction of sp³-hybridized carbons (Fsp3) is 0.600. The van der Waals surface area contributed by atoms with Crippen molar-refractivity contribution in [3.8, 4) is 0 Å². The van der Waals surface area contributed by atoms with Gasteiger partial charge in [-0.05, 0) is 24.3 Å². The second-order valence-corrected chi connectivity index (χ2v) is 7.98. The lowest BCUT2D eigenvalue weighted by Crippen LogP contribution is -2.52. The fourth-order valence-electron chi connectivity index (χ4n) is 3.83. The normalized spacial score (nSPS) is 15.6. The van der Waals surface area contributed by atoms with E-state index < -0.39 is 0 Å². The molecule has 1 aliphatic rings. The smallest absolute Gasteiger partial charge is 0.194 e. The van der Waals surface area contributed by atoms with Crippen LogP contribution in [-0.2, 0) is 33.0 Å². The first-order chi connectivity index (χ1) is 13.2. The Kier molecular flexibility index (Phi) is 9.23. The van der Waals surface area contributed by atoms with E-state index in [-0.39, 0.29) is 24.0 Å². The first kappa shape index (κ1) is 23.2. The number of aromatic nitrogens is 2. The fourth-order valence-corrected chi connectivity index (χ4v) is 4.58. The van der Waals surface area contributed by atoms with Crippen molar-refractivity contribution in [3.63, 3.8) is 0 Å². The van der Waals surface area contributed by atoms with Crippen molar-refractivity contribution in [1.29, 1.82) is 0 Å². The van der Waals surface area contributed by atoms with Gasteiger partial charge in [0.1, 0.15) is 0 Å². The van der Waals surface area contributed by atoms with Crippen LogP contribution < -0.4 is 5.32 Å². The van der Waals surface area contributed by atoms with E-state index in [1.165, 1.54) is 21.8 Å². The van der Waals surface area contributed by atoms with Crippen molar-refractivity contribution in [2.75, 3.05) is 33.2 Å². The Balaban J connectivity index is 0.00000280. The molecule has 28 heavy (non-hydrogen) atoms. The molecule has 2 aromatic heterocycles. The minimum Gasteiger partial charge on any atom is -0.352 e. The highest BCUT2D eigenvalue weighted by Crippen LogP contribution is 2.16. The van der Waals surface area contributed by atoms with Crippen LogP contribution in [0.4, 0.5) is 0 Å². The maximum absolute atomic E-state index is 4.68. The number of piperazine rings is 1. The molecule has 0 unspecified atom stereocenters. The van der Waals surface area contributed by atoms with Gasteiger partial charge in [0.25, 0.3) is 0 Å². The highest BCUT2D eigenvalue weighted by molar-refractivity contribution is 14.0. The lowest BCUT2D eigenvalue weighted by Gasteiger charge is -2.36. The Hall–Kier alpha value is -1.13. The zero-order valence-corrected chi connectivity index (χ0v) is 20.6. The van der Waals surface area contributed by atoms with Crippen LogP contribution in [0, 0.1) is 0 Å². The average Bonchev–Trinajstić information content (AvgIpc) is 3.30. The van der Waals surface area contributed by atoms with Crippen LogP contribution in [-0.4, -0.2) is 58.8 Å². The van der Waals surface area contributed by atoms with Crippen molar-refractivity contribution < 1.29 is 0 Å². The Morgan fingerprint density at radius 3 is 2.54 bits per heavy atom. The standard InChI is InChI=1S/C20H32N6S.HI/c1-5-18-17(19(6-2)24(4)23-18)14-22-20(21-3)26-11-9-25(10-12-26)15-16-8-7-13-27-16;/h7-8,13H,5-6,9-12,14-15H2,1-4H3,(H,21,22);1H. The summed E-state index contributed by atoms with van der Waals surface area (Å²) in [5.41, 5.74) is 3.84. The van der Waals surface area contributed by atoms with E-state index in [1.807, 2.05) is 30.1 Å². The molecular formula is C20H33IN6S.